The second kappa shape index (κ2) is 5.83. The summed E-state index contributed by atoms with van der Waals surface area (Å²) in [5.41, 5.74) is 0.352. The fraction of sp³-hybridized carbons (Fsp3) is 0.600. The van der Waals surface area contributed by atoms with Crippen LogP contribution in [0.3, 0.4) is 0 Å². The van der Waals surface area contributed by atoms with E-state index in [2.05, 4.69) is 63.2 Å². The zero-order valence-corrected chi connectivity index (χ0v) is 12.4. The topological polar surface area (TPSA) is 12.0 Å². The van der Waals surface area contributed by atoms with Gasteiger partial charge in [0.15, 0.2) is 0 Å². The molecule has 0 aliphatic heterocycles. The highest BCUT2D eigenvalue weighted by Crippen LogP contribution is 2.26. The average molecular weight is 251 g/mol. The fourth-order valence-corrected chi connectivity index (χ4v) is 2.30. The molecule has 0 aliphatic carbocycles. The number of aryl methyl sites for hydroxylation is 1. The zero-order valence-electron chi connectivity index (χ0n) is 11.5. The van der Waals surface area contributed by atoms with Gasteiger partial charge in [0.1, 0.15) is 0 Å². The minimum absolute atomic E-state index is 0.174. The molecule has 0 radical (unpaired) electrons. The first-order valence-corrected chi connectivity index (χ1v) is 7.14. The molecule has 0 aromatic carbocycles. The van der Waals surface area contributed by atoms with Crippen molar-refractivity contribution in [3.63, 3.8) is 0 Å². The molecule has 1 rings (SSSR count). The summed E-state index contributed by atoms with van der Waals surface area (Å²) in [5.74, 6) is 0. The quantitative estimate of drug-likeness (QED) is 0.745. The Morgan fingerprint density at radius 3 is 2.53 bits per heavy atom. The Morgan fingerprint density at radius 1 is 1.35 bits per heavy atom. The molecular formula is C15H25NS. The first-order chi connectivity index (χ1) is 7.85. The molecule has 0 amide bonds. The second-order valence-electron chi connectivity index (χ2n) is 6.04. The molecule has 1 atom stereocenters. The molecule has 1 heterocycles. The molecule has 0 spiro atoms. The summed E-state index contributed by atoms with van der Waals surface area (Å²) < 4.78 is 0. The Hall–Kier alpha value is -0.600. The van der Waals surface area contributed by atoms with Crippen molar-refractivity contribution in [1.82, 2.24) is 5.32 Å². The Bertz CT molecular complexity index is 334. The third-order valence-corrected chi connectivity index (χ3v) is 3.97. The normalized spacial score (nSPS) is 15.5. The molecule has 96 valence electrons. The largest absolute Gasteiger partial charge is 0.311 e. The molecule has 2 heteroatoms. The highest BCUT2D eigenvalue weighted by Gasteiger charge is 2.22. The Kier molecular flexibility index (Phi) is 4.96. The summed E-state index contributed by atoms with van der Waals surface area (Å²) in [6.45, 7) is 13.9. The van der Waals surface area contributed by atoms with E-state index in [9.17, 15) is 0 Å². The third kappa shape index (κ3) is 5.51. The highest BCUT2D eigenvalue weighted by atomic mass is 32.1. The van der Waals surface area contributed by atoms with Crippen molar-refractivity contribution in [2.75, 3.05) is 6.54 Å². The van der Waals surface area contributed by atoms with Gasteiger partial charge in [-0.2, -0.15) is 0 Å². The van der Waals surface area contributed by atoms with E-state index < -0.39 is 0 Å². The van der Waals surface area contributed by atoms with Crippen LogP contribution in [0, 0.1) is 5.41 Å². The van der Waals surface area contributed by atoms with Gasteiger partial charge < -0.3 is 5.32 Å². The number of thiophene rings is 1. The van der Waals surface area contributed by atoms with Crippen LogP contribution in [0.15, 0.2) is 30.2 Å². The molecule has 1 nitrogen and oxygen atoms in total. The van der Waals surface area contributed by atoms with Gasteiger partial charge in [-0.15, -0.1) is 17.9 Å². The van der Waals surface area contributed by atoms with Crippen LogP contribution in [0.5, 0.6) is 0 Å². The summed E-state index contributed by atoms with van der Waals surface area (Å²) in [5, 5.41) is 5.72. The van der Waals surface area contributed by atoms with E-state index in [0.29, 0.717) is 0 Å². The monoisotopic (exact) mass is 251 g/mol. The van der Waals surface area contributed by atoms with Gasteiger partial charge in [-0.05, 0) is 50.5 Å². The van der Waals surface area contributed by atoms with Crippen molar-refractivity contribution in [3.05, 3.63) is 35.0 Å². The van der Waals surface area contributed by atoms with E-state index in [0.717, 1.165) is 19.4 Å². The van der Waals surface area contributed by atoms with Crippen LogP contribution in [-0.2, 0) is 6.42 Å². The summed E-state index contributed by atoms with van der Waals surface area (Å²) in [6.07, 6.45) is 4.39. The van der Waals surface area contributed by atoms with E-state index in [1.54, 1.807) is 0 Å². The predicted octanol–water partition coefficient (Wildman–Crippen LogP) is 4.26. The average Bonchev–Trinajstić information content (AvgIpc) is 2.76. The molecule has 1 N–H and O–H groups in total. The first kappa shape index (κ1) is 14.5. The molecule has 0 bridgehead atoms. The van der Waals surface area contributed by atoms with Crippen LogP contribution >= 0.6 is 11.3 Å². The standard InChI is InChI=1S/C15H25NS/c1-6-15(5,12-16-14(2,3)4)10-9-13-8-7-11-17-13/h6-8,11,16H,1,9-10,12H2,2-5H3. The maximum Gasteiger partial charge on any atom is 0.00968 e. The number of hydrogen-bond donors (Lipinski definition) is 1. The van der Waals surface area contributed by atoms with Gasteiger partial charge in [-0.3, -0.25) is 0 Å². The Labute approximate surface area is 110 Å². The van der Waals surface area contributed by atoms with Crippen LogP contribution in [0.1, 0.15) is 39.0 Å². The van der Waals surface area contributed by atoms with Gasteiger partial charge in [-0.25, -0.2) is 0 Å². The summed E-state index contributed by atoms with van der Waals surface area (Å²) >= 11 is 1.84. The van der Waals surface area contributed by atoms with Gasteiger partial charge in [0.25, 0.3) is 0 Å². The van der Waals surface area contributed by atoms with Crippen LogP contribution in [0.2, 0.25) is 0 Å². The van der Waals surface area contributed by atoms with E-state index in [1.165, 1.54) is 4.88 Å². The van der Waals surface area contributed by atoms with Crippen LogP contribution in [-0.4, -0.2) is 12.1 Å². The van der Waals surface area contributed by atoms with Crippen LogP contribution in [0.4, 0.5) is 0 Å². The second-order valence-corrected chi connectivity index (χ2v) is 7.07. The molecule has 1 unspecified atom stereocenters. The van der Waals surface area contributed by atoms with Crippen LogP contribution < -0.4 is 5.32 Å². The third-order valence-electron chi connectivity index (χ3n) is 3.04. The number of nitrogens with one attached hydrogen (secondary N) is 1. The van der Waals surface area contributed by atoms with Crippen molar-refractivity contribution in [2.45, 2.75) is 46.1 Å². The highest BCUT2D eigenvalue weighted by molar-refractivity contribution is 7.09. The zero-order chi connectivity index (χ0) is 12.9. The smallest absolute Gasteiger partial charge is 0.00968 e. The summed E-state index contributed by atoms with van der Waals surface area (Å²) in [4.78, 5) is 1.47. The van der Waals surface area contributed by atoms with Gasteiger partial charge in [0, 0.05) is 17.0 Å². The maximum atomic E-state index is 4.00. The molecular weight excluding hydrogens is 226 g/mol. The molecule has 0 saturated carbocycles. The Balaban J connectivity index is 2.47. The lowest BCUT2D eigenvalue weighted by Crippen LogP contribution is -2.42. The molecule has 1 aromatic rings. The van der Waals surface area contributed by atoms with E-state index in [1.807, 2.05) is 11.3 Å². The van der Waals surface area contributed by atoms with Crippen molar-refractivity contribution in [3.8, 4) is 0 Å². The fourth-order valence-electron chi connectivity index (χ4n) is 1.59. The molecule has 17 heavy (non-hydrogen) atoms. The van der Waals surface area contributed by atoms with Gasteiger partial charge in [-0.1, -0.05) is 19.1 Å². The van der Waals surface area contributed by atoms with Crippen LogP contribution in [0.25, 0.3) is 0 Å². The SMILES string of the molecule is C=CC(C)(CCc1cccs1)CNC(C)(C)C. The molecule has 0 aliphatic rings. The lowest BCUT2D eigenvalue weighted by atomic mass is 9.84. The van der Waals surface area contributed by atoms with Crippen molar-refractivity contribution >= 4 is 11.3 Å². The van der Waals surface area contributed by atoms with E-state index in [4.69, 9.17) is 0 Å². The minimum Gasteiger partial charge on any atom is -0.311 e. The molecule has 1 aromatic heterocycles. The number of hydrogen-bond acceptors (Lipinski definition) is 2. The van der Waals surface area contributed by atoms with Gasteiger partial charge in [0.05, 0.1) is 0 Å². The van der Waals surface area contributed by atoms with Crippen molar-refractivity contribution < 1.29 is 0 Å². The Morgan fingerprint density at radius 2 is 2.06 bits per heavy atom. The molecule has 0 fully saturated rings. The maximum absolute atomic E-state index is 4.00. The minimum atomic E-state index is 0.174. The lowest BCUT2D eigenvalue weighted by Gasteiger charge is -2.31. The summed E-state index contributed by atoms with van der Waals surface area (Å²) in [6, 6.07) is 4.34. The first-order valence-electron chi connectivity index (χ1n) is 6.26. The lowest BCUT2D eigenvalue weighted by molar-refractivity contribution is 0.309. The number of rotatable bonds is 6. The van der Waals surface area contributed by atoms with Gasteiger partial charge in [0.2, 0.25) is 0 Å². The molecule has 0 saturated heterocycles. The summed E-state index contributed by atoms with van der Waals surface area (Å²) in [7, 11) is 0. The van der Waals surface area contributed by atoms with Crippen molar-refractivity contribution in [1.29, 1.82) is 0 Å². The van der Waals surface area contributed by atoms with E-state index >= 15 is 0 Å². The predicted molar refractivity (Wildman–Crippen MR) is 78.7 cm³/mol. The van der Waals surface area contributed by atoms with Gasteiger partial charge >= 0.3 is 0 Å². The van der Waals surface area contributed by atoms with Crippen molar-refractivity contribution in [2.24, 2.45) is 5.41 Å². The van der Waals surface area contributed by atoms with E-state index in [-0.39, 0.29) is 11.0 Å².